The number of carbonyl (C=O) groups is 1. The molecular weight excluding hydrogens is 192 g/mol. The van der Waals surface area contributed by atoms with Crippen LogP contribution in [0.25, 0.3) is 0 Å². The standard InChI is InChI=1S/C10H12O2.C2H6O/c1-10(2)6-3-4-8(5-7-10)9(11)12;1-3-2/h3-7H,1-2H3,(H,11,12);1-2H3. The number of methoxy groups -OCH3 is 1. The zero-order valence-electron chi connectivity index (χ0n) is 9.65. The van der Waals surface area contributed by atoms with E-state index in [1.54, 1.807) is 32.4 Å². The first-order chi connectivity index (χ1) is 6.93. The van der Waals surface area contributed by atoms with E-state index in [-0.39, 0.29) is 5.41 Å². The summed E-state index contributed by atoms with van der Waals surface area (Å²) in [6.07, 6.45) is 8.88. The molecule has 0 radical (unpaired) electrons. The van der Waals surface area contributed by atoms with Crippen LogP contribution >= 0.6 is 0 Å². The molecule has 0 heterocycles. The summed E-state index contributed by atoms with van der Waals surface area (Å²) in [6, 6.07) is 0. The van der Waals surface area contributed by atoms with Crippen LogP contribution in [0.15, 0.2) is 36.0 Å². The summed E-state index contributed by atoms with van der Waals surface area (Å²) in [6.45, 7) is 4.05. The van der Waals surface area contributed by atoms with Gasteiger partial charge in [0.05, 0.1) is 5.57 Å². The van der Waals surface area contributed by atoms with Crippen molar-refractivity contribution in [3.63, 3.8) is 0 Å². The lowest BCUT2D eigenvalue weighted by molar-refractivity contribution is -0.132. The molecule has 0 bridgehead atoms. The molecule has 0 spiro atoms. The molecule has 1 aliphatic carbocycles. The monoisotopic (exact) mass is 210 g/mol. The van der Waals surface area contributed by atoms with Gasteiger partial charge in [-0.3, -0.25) is 0 Å². The minimum Gasteiger partial charge on any atom is -0.478 e. The highest BCUT2D eigenvalue weighted by atomic mass is 16.4. The predicted octanol–water partition coefficient (Wildman–Crippen LogP) is 2.41. The highest BCUT2D eigenvalue weighted by Gasteiger charge is 2.12. The normalized spacial score (nSPS) is 17.2. The molecule has 0 aliphatic heterocycles. The van der Waals surface area contributed by atoms with Gasteiger partial charge in [0, 0.05) is 19.6 Å². The maximum atomic E-state index is 10.6. The molecule has 3 nitrogen and oxygen atoms in total. The Morgan fingerprint density at radius 3 is 2.33 bits per heavy atom. The van der Waals surface area contributed by atoms with E-state index in [9.17, 15) is 4.79 Å². The molecule has 0 aromatic rings. The molecule has 84 valence electrons. The molecule has 15 heavy (non-hydrogen) atoms. The second-order valence-electron chi connectivity index (χ2n) is 3.85. The summed E-state index contributed by atoms with van der Waals surface area (Å²) in [4.78, 5) is 10.6. The van der Waals surface area contributed by atoms with Gasteiger partial charge in [-0.05, 0) is 6.08 Å². The van der Waals surface area contributed by atoms with Gasteiger partial charge in [0.1, 0.15) is 0 Å². The van der Waals surface area contributed by atoms with Crippen molar-refractivity contribution in [2.75, 3.05) is 14.2 Å². The number of carboxylic acid groups (broad SMARTS) is 1. The van der Waals surface area contributed by atoms with Gasteiger partial charge in [-0.15, -0.1) is 0 Å². The highest BCUT2D eigenvalue weighted by Crippen LogP contribution is 2.22. The van der Waals surface area contributed by atoms with Crippen molar-refractivity contribution in [3.05, 3.63) is 36.0 Å². The molecule has 1 N–H and O–H groups in total. The Morgan fingerprint density at radius 2 is 1.87 bits per heavy atom. The SMILES string of the molecule is CC1(C)C=CC=C(C(=O)O)C=C1.COC. The van der Waals surface area contributed by atoms with Crippen LogP contribution in [0.3, 0.4) is 0 Å². The maximum Gasteiger partial charge on any atom is 0.335 e. The smallest absolute Gasteiger partial charge is 0.335 e. The van der Waals surface area contributed by atoms with Gasteiger partial charge in [-0.2, -0.15) is 0 Å². The topological polar surface area (TPSA) is 46.5 Å². The third-order valence-electron chi connectivity index (χ3n) is 1.74. The van der Waals surface area contributed by atoms with Gasteiger partial charge in [0.2, 0.25) is 0 Å². The van der Waals surface area contributed by atoms with Crippen molar-refractivity contribution in [1.82, 2.24) is 0 Å². The minimum atomic E-state index is -0.881. The number of rotatable bonds is 1. The molecule has 0 saturated heterocycles. The van der Waals surface area contributed by atoms with Crippen LogP contribution in [0.2, 0.25) is 0 Å². The molecular formula is C12H18O3. The third-order valence-corrected chi connectivity index (χ3v) is 1.74. The minimum absolute atomic E-state index is 0.0479. The number of ether oxygens (including phenoxy) is 1. The lowest BCUT2D eigenvalue weighted by atomic mass is 9.93. The molecule has 3 heteroatoms. The fourth-order valence-corrected chi connectivity index (χ4v) is 0.958. The van der Waals surface area contributed by atoms with Gasteiger partial charge >= 0.3 is 5.97 Å². The second kappa shape index (κ2) is 6.19. The molecule has 0 unspecified atom stereocenters. The Bertz CT molecular complexity index is 296. The highest BCUT2D eigenvalue weighted by molar-refractivity contribution is 5.90. The Kier molecular flexibility index (Phi) is 5.64. The molecule has 0 saturated carbocycles. The van der Waals surface area contributed by atoms with Crippen LogP contribution in [-0.4, -0.2) is 25.3 Å². The Balaban J connectivity index is 0.000000583. The largest absolute Gasteiger partial charge is 0.478 e. The molecule has 1 aliphatic rings. The van der Waals surface area contributed by atoms with Crippen LogP contribution in [-0.2, 0) is 9.53 Å². The first-order valence-corrected chi connectivity index (χ1v) is 4.65. The first-order valence-electron chi connectivity index (χ1n) is 4.65. The Labute approximate surface area is 90.8 Å². The number of allylic oxidation sites excluding steroid dienone is 4. The van der Waals surface area contributed by atoms with E-state index < -0.39 is 5.97 Å². The quantitative estimate of drug-likeness (QED) is 0.723. The van der Waals surface area contributed by atoms with Crippen molar-refractivity contribution in [2.24, 2.45) is 5.41 Å². The van der Waals surface area contributed by atoms with Gasteiger partial charge in [-0.1, -0.05) is 38.2 Å². The van der Waals surface area contributed by atoms with Crippen LogP contribution < -0.4 is 0 Å². The second-order valence-corrected chi connectivity index (χ2v) is 3.85. The maximum absolute atomic E-state index is 10.6. The fraction of sp³-hybridized carbons (Fsp3) is 0.417. The average molecular weight is 210 g/mol. The van der Waals surface area contributed by atoms with E-state index in [4.69, 9.17) is 5.11 Å². The van der Waals surface area contributed by atoms with E-state index >= 15 is 0 Å². The summed E-state index contributed by atoms with van der Waals surface area (Å²) in [5.74, 6) is -0.881. The van der Waals surface area contributed by atoms with Crippen molar-refractivity contribution < 1.29 is 14.6 Å². The first kappa shape index (κ1) is 13.7. The van der Waals surface area contributed by atoms with Gasteiger partial charge in [-0.25, -0.2) is 4.79 Å². The predicted molar refractivity (Wildman–Crippen MR) is 60.7 cm³/mol. The van der Waals surface area contributed by atoms with Crippen LogP contribution in [0.4, 0.5) is 0 Å². The molecule has 0 amide bonds. The van der Waals surface area contributed by atoms with E-state index in [0.717, 1.165) is 0 Å². The number of hydrogen-bond acceptors (Lipinski definition) is 2. The molecule has 1 rings (SSSR count). The Morgan fingerprint density at radius 1 is 1.33 bits per heavy atom. The third kappa shape index (κ3) is 5.86. The van der Waals surface area contributed by atoms with Crippen molar-refractivity contribution in [2.45, 2.75) is 13.8 Å². The van der Waals surface area contributed by atoms with E-state index in [1.807, 2.05) is 26.0 Å². The van der Waals surface area contributed by atoms with E-state index in [1.165, 1.54) is 0 Å². The number of aliphatic carboxylic acids is 1. The van der Waals surface area contributed by atoms with Gasteiger partial charge < -0.3 is 9.84 Å². The van der Waals surface area contributed by atoms with Crippen LogP contribution in [0.5, 0.6) is 0 Å². The zero-order valence-corrected chi connectivity index (χ0v) is 9.65. The summed E-state index contributed by atoms with van der Waals surface area (Å²) in [5, 5.41) is 8.68. The van der Waals surface area contributed by atoms with E-state index in [0.29, 0.717) is 5.57 Å². The van der Waals surface area contributed by atoms with Gasteiger partial charge in [0.15, 0.2) is 0 Å². The summed E-state index contributed by atoms with van der Waals surface area (Å²) in [7, 11) is 3.25. The lowest BCUT2D eigenvalue weighted by Gasteiger charge is -2.12. The van der Waals surface area contributed by atoms with Gasteiger partial charge in [0.25, 0.3) is 0 Å². The molecule has 0 atom stereocenters. The number of carboxylic acids is 1. The van der Waals surface area contributed by atoms with Crippen LogP contribution in [0, 0.1) is 5.41 Å². The van der Waals surface area contributed by atoms with E-state index in [2.05, 4.69) is 4.74 Å². The summed E-state index contributed by atoms with van der Waals surface area (Å²) >= 11 is 0. The van der Waals surface area contributed by atoms with Crippen molar-refractivity contribution in [1.29, 1.82) is 0 Å². The molecule has 0 fully saturated rings. The fourth-order valence-electron chi connectivity index (χ4n) is 0.958. The zero-order chi connectivity index (χ0) is 11.9. The van der Waals surface area contributed by atoms with Crippen LogP contribution in [0.1, 0.15) is 13.8 Å². The number of hydrogen-bond donors (Lipinski definition) is 1. The van der Waals surface area contributed by atoms with Crippen molar-refractivity contribution >= 4 is 5.97 Å². The summed E-state index contributed by atoms with van der Waals surface area (Å²) < 4.78 is 4.25. The average Bonchev–Trinajstić information content (AvgIpc) is 2.27. The summed E-state index contributed by atoms with van der Waals surface area (Å²) in [5.41, 5.74) is 0.282. The Hall–Kier alpha value is -1.35. The molecule has 0 aromatic carbocycles. The van der Waals surface area contributed by atoms with Crippen molar-refractivity contribution in [3.8, 4) is 0 Å². The lowest BCUT2D eigenvalue weighted by Crippen LogP contribution is -2.01. The molecule has 0 aromatic heterocycles.